The van der Waals surface area contributed by atoms with Gasteiger partial charge in [-0.1, -0.05) is 0 Å². The lowest BCUT2D eigenvalue weighted by Gasteiger charge is -2.25. The summed E-state index contributed by atoms with van der Waals surface area (Å²) >= 11 is 0. The molecule has 0 radical (unpaired) electrons. The molecule has 1 amide bonds. The molecule has 5 heteroatoms. The van der Waals surface area contributed by atoms with Crippen molar-refractivity contribution in [3.63, 3.8) is 0 Å². The zero-order valence-electron chi connectivity index (χ0n) is 10.3. The molecular formula is C11H23N3O2. The van der Waals surface area contributed by atoms with Crippen LogP contribution in [0.1, 0.15) is 12.8 Å². The molecule has 0 spiro atoms. The second-order valence-electron chi connectivity index (χ2n) is 4.55. The average molecular weight is 229 g/mol. The fraction of sp³-hybridized carbons (Fsp3) is 0.909. The first-order chi connectivity index (χ1) is 7.63. The quantitative estimate of drug-likeness (QED) is 0.621. The molecule has 1 aliphatic heterocycles. The minimum Gasteiger partial charge on any atom is -0.395 e. The maximum atomic E-state index is 11.4. The Kier molecular flexibility index (Phi) is 5.73. The number of carbonyl (C=O) groups excluding carboxylic acids is 1. The van der Waals surface area contributed by atoms with Crippen LogP contribution < -0.4 is 5.32 Å². The highest BCUT2D eigenvalue weighted by atomic mass is 16.3. The van der Waals surface area contributed by atoms with Gasteiger partial charge in [0, 0.05) is 19.1 Å². The van der Waals surface area contributed by atoms with Gasteiger partial charge in [-0.15, -0.1) is 0 Å². The first-order valence-electron chi connectivity index (χ1n) is 5.90. The van der Waals surface area contributed by atoms with E-state index in [1.165, 1.54) is 12.8 Å². The standard InChI is InChI=1S/C11H23N3O2/c1-13(9-11(16)12-5-7-15)8-10-4-3-6-14(10)2/h10,15H,3-9H2,1-2H3,(H,12,16). The Hall–Kier alpha value is -0.650. The minimum atomic E-state index is -0.0165. The molecule has 1 atom stereocenters. The lowest BCUT2D eigenvalue weighted by atomic mass is 10.2. The van der Waals surface area contributed by atoms with Gasteiger partial charge in [0.1, 0.15) is 0 Å². The zero-order chi connectivity index (χ0) is 12.0. The van der Waals surface area contributed by atoms with Gasteiger partial charge < -0.3 is 15.3 Å². The summed E-state index contributed by atoms with van der Waals surface area (Å²) in [5.41, 5.74) is 0. The summed E-state index contributed by atoms with van der Waals surface area (Å²) in [4.78, 5) is 15.8. The van der Waals surface area contributed by atoms with Crippen molar-refractivity contribution in [1.29, 1.82) is 0 Å². The Bertz CT molecular complexity index is 223. The Morgan fingerprint density at radius 3 is 2.94 bits per heavy atom. The zero-order valence-corrected chi connectivity index (χ0v) is 10.3. The van der Waals surface area contributed by atoms with E-state index in [4.69, 9.17) is 5.11 Å². The average Bonchev–Trinajstić information content (AvgIpc) is 2.61. The third kappa shape index (κ3) is 4.47. The number of likely N-dealkylation sites (N-methyl/N-ethyl adjacent to an activating group) is 2. The molecule has 0 aromatic carbocycles. The van der Waals surface area contributed by atoms with Gasteiger partial charge in [0.2, 0.25) is 5.91 Å². The van der Waals surface area contributed by atoms with Crippen molar-refractivity contribution in [2.45, 2.75) is 18.9 Å². The van der Waals surface area contributed by atoms with Crippen LogP contribution in [0.15, 0.2) is 0 Å². The molecule has 1 unspecified atom stereocenters. The second-order valence-corrected chi connectivity index (χ2v) is 4.55. The third-order valence-electron chi connectivity index (χ3n) is 3.04. The van der Waals surface area contributed by atoms with Crippen LogP contribution in [0, 0.1) is 0 Å². The number of aliphatic hydroxyl groups excluding tert-OH is 1. The van der Waals surface area contributed by atoms with Crippen LogP contribution in [0.25, 0.3) is 0 Å². The number of hydrogen-bond acceptors (Lipinski definition) is 4. The van der Waals surface area contributed by atoms with Gasteiger partial charge in [0.15, 0.2) is 0 Å². The number of hydrogen-bond donors (Lipinski definition) is 2. The highest BCUT2D eigenvalue weighted by molar-refractivity contribution is 5.77. The number of nitrogens with one attached hydrogen (secondary N) is 1. The van der Waals surface area contributed by atoms with E-state index in [0.717, 1.165) is 13.1 Å². The number of aliphatic hydroxyl groups is 1. The first kappa shape index (κ1) is 13.4. The van der Waals surface area contributed by atoms with E-state index in [1.807, 2.05) is 11.9 Å². The maximum Gasteiger partial charge on any atom is 0.234 e. The fourth-order valence-electron chi connectivity index (χ4n) is 2.13. The second kappa shape index (κ2) is 6.83. The van der Waals surface area contributed by atoms with E-state index in [2.05, 4.69) is 17.3 Å². The van der Waals surface area contributed by atoms with Crippen molar-refractivity contribution in [2.75, 3.05) is 46.9 Å². The molecule has 2 N–H and O–H groups in total. The Morgan fingerprint density at radius 2 is 2.38 bits per heavy atom. The van der Waals surface area contributed by atoms with Crippen molar-refractivity contribution < 1.29 is 9.90 Å². The van der Waals surface area contributed by atoms with E-state index in [1.54, 1.807) is 0 Å². The van der Waals surface area contributed by atoms with E-state index in [9.17, 15) is 4.79 Å². The van der Waals surface area contributed by atoms with Gasteiger partial charge >= 0.3 is 0 Å². The predicted octanol–water partition coefficient (Wildman–Crippen LogP) is -0.879. The van der Waals surface area contributed by atoms with Crippen molar-refractivity contribution in [1.82, 2.24) is 15.1 Å². The van der Waals surface area contributed by atoms with Crippen LogP contribution in [0.4, 0.5) is 0 Å². The Balaban J connectivity index is 2.19. The Morgan fingerprint density at radius 1 is 1.62 bits per heavy atom. The molecule has 0 aliphatic carbocycles. The van der Waals surface area contributed by atoms with Gasteiger partial charge in [-0.05, 0) is 33.5 Å². The van der Waals surface area contributed by atoms with Gasteiger partial charge in [-0.25, -0.2) is 0 Å². The van der Waals surface area contributed by atoms with Gasteiger partial charge in [-0.3, -0.25) is 9.69 Å². The minimum absolute atomic E-state index is 0.000811. The van der Waals surface area contributed by atoms with Crippen LogP contribution in [-0.4, -0.2) is 73.7 Å². The molecule has 5 nitrogen and oxygen atoms in total. The summed E-state index contributed by atoms with van der Waals surface area (Å²) in [5, 5.41) is 11.2. The summed E-state index contributed by atoms with van der Waals surface area (Å²) in [6.45, 7) is 2.85. The highest BCUT2D eigenvalue weighted by Gasteiger charge is 2.22. The van der Waals surface area contributed by atoms with Gasteiger partial charge in [0.25, 0.3) is 0 Å². The molecule has 0 aromatic heterocycles. The maximum absolute atomic E-state index is 11.4. The third-order valence-corrected chi connectivity index (χ3v) is 3.04. The molecule has 1 fully saturated rings. The first-order valence-corrected chi connectivity index (χ1v) is 5.90. The van der Waals surface area contributed by atoms with Crippen LogP contribution in [0.5, 0.6) is 0 Å². The lowest BCUT2D eigenvalue weighted by molar-refractivity contribution is -0.122. The lowest BCUT2D eigenvalue weighted by Crippen LogP contribution is -2.42. The molecule has 94 valence electrons. The van der Waals surface area contributed by atoms with Crippen LogP contribution in [0.2, 0.25) is 0 Å². The van der Waals surface area contributed by atoms with Crippen molar-refractivity contribution in [3.8, 4) is 0 Å². The Labute approximate surface area is 97.4 Å². The van der Waals surface area contributed by atoms with Crippen LogP contribution in [-0.2, 0) is 4.79 Å². The topological polar surface area (TPSA) is 55.8 Å². The van der Waals surface area contributed by atoms with E-state index < -0.39 is 0 Å². The van der Waals surface area contributed by atoms with Crippen molar-refractivity contribution >= 4 is 5.91 Å². The van der Waals surface area contributed by atoms with Crippen LogP contribution >= 0.6 is 0 Å². The summed E-state index contributed by atoms with van der Waals surface area (Å²) in [7, 11) is 4.10. The molecular weight excluding hydrogens is 206 g/mol. The largest absolute Gasteiger partial charge is 0.395 e. The van der Waals surface area contributed by atoms with Crippen molar-refractivity contribution in [3.05, 3.63) is 0 Å². The summed E-state index contributed by atoms with van der Waals surface area (Å²) in [5.74, 6) is -0.0165. The number of amides is 1. The van der Waals surface area contributed by atoms with Crippen molar-refractivity contribution in [2.24, 2.45) is 0 Å². The predicted molar refractivity (Wildman–Crippen MR) is 63.2 cm³/mol. The van der Waals surface area contributed by atoms with E-state index in [-0.39, 0.29) is 12.5 Å². The molecule has 0 aromatic rings. The molecule has 0 bridgehead atoms. The molecule has 16 heavy (non-hydrogen) atoms. The molecule has 1 saturated heterocycles. The number of carbonyl (C=O) groups is 1. The number of nitrogens with zero attached hydrogens (tertiary/aromatic N) is 2. The summed E-state index contributed by atoms with van der Waals surface area (Å²) in [6, 6.07) is 0.579. The summed E-state index contributed by atoms with van der Waals surface area (Å²) in [6.07, 6.45) is 2.48. The van der Waals surface area contributed by atoms with Gasteiger partial charge in [-0.2, -0.15) is 0 Å². The number of likely N-dealkylation sites (tertiary alicyclic amines) is 1. The molecule has 1 rings (SSSR count). The van der Waals surface area contributed by atoms with Gasteiger partial charge in [0.05, 0.1) is 13.2 Å². The highest BCUT2D eigenvalue weighted by Crippen LogP contribution is 2.14. The molecule has 1 aliphatic rings. The smallest absolute Gasteiger partial charge is 0.234 e. The van der Waals surface area contributed by atoms with E-state index in [0.29, 0.717) is 19.1 Å². The molecule has 0 saturated carbocycles. The van der Waals surface area contributed by atoms with E-state index >= 15 is 0 Å². The SMILES string of the molecule is CN(CC(=O)NCCO)CC1CCCN1C. The molecule has 1 heterocycles. The van der Waals surface area contributed by atoms with Crippen LogP contribution in [0.3, 0.4) is 0 Å². The summed E-state index contributed by atoms with van der Waals surface area (Å²) < 4.78 is 0. The fourth-order valence-corrected chi connectivity index (χ4v) is 2.13. The number of rotatable bonds is 6. The monoisotopic (exact) mass is 229 g/mol. The normalized spacial score (nSPS) is 21.6.